The number of benzene rings is 1. The van der Waals surface area contributed by atoms with E-state index >= 15 is 0 Å². The highest BCUT2D eigenvalue weighted by atomic mass is 32.1. The van der Waals surface area contributed by atoms with Crippen molar-refractivity contribution in [3.8, 4) is 0 Å². The molecule has 11 heteroatoms. The van der Waals surface area contributed by atoms with Gasteiger partial charge in [-0.1, -0.05) is 30.3 Å². The quantitative estimate of drug-likeness (QED) is 0.473. The van der Waals surface area contributed by atoms with Crippen LogP contribution >= 0.6 is 11.3 Å². The van der Waals surface area contributed by atoms with E-state index in [1.165, 1.54) is 27.1 Å². The van der Waals surface area contributed by atoms with Crippen LogP contribution in [0, 0.1) is 5.92 Å². The predicted molar refractivity (Wildman–Crippen MR) is 130 cm³/mol. The molecule has 3 atom stereocenters. The number of carboxylic acids is 1. The molecule has 1 aliphatic rings. The third-order valence-electron chi connectivity index (χ3n) is 5.90. The number of aromatic nitrogens is 3. The van der Waals surface area contributed by atoms with E-state index in [4.69, 9.17) is 9.47 Å². The van der Waals surface area contributed by atoms with Crippen molar-refractivity contribution >= 4 is 29.4 Å². The summed E-state index contributed by atoms with van der Waals surface area (Å²) in [6.45, 7) is 5.00. The summed E-state index contributed by atoms with van der Waals surface area (Å²) < 4.78 is 12.9. The molecule has 0 spiro atoms. The lowest BCUT2D eigenvalue weighted by atomic mass is 9.90. The van der Waals surface area contributed by atoms with Crippen LogP contribution in [0.25, 0.3) is 0 Å². The normalized spacial score (nSPS) is 21.8. The summed E-state index contributed by atoms with van der Waals surface area (Å²) in [7, 11) is 0. The Labute approximate surface area is 212 Å². The molecule has 10 nitrogen and oxygen atoms in total. The molecule has 1 saturated heterocycles. The average molecular weight is 513 g/mol. The first kappa shape index (κ1) is 25.4. The largest absolute Gasteiger partial charge is 0.481 e. The van der Waals surface area contributed by atoms with Gasteiger partial charge < -0.3 is 14.6 Å². The number of esters is 1. The van der Waals surface area contributed by atoms with Gasteiger partial charge >= 0.3 is 18.0 Å². The molecular weight excluding hydrogens is 484 g/mol. The van der Waals surface area contributed by atoms with Gasteiger partial charge in [-0.3, -0.25) is 19.4 Å². The van der Waals surface area contributed by atoms with Gasteiger partial charge in [0, 0.05) is 23.5 Å². The molecule has 0 aliphatic carbocycles. The van der Waals surface area contributed by atoms with Crippen LogP contribution in [0.5, 0.6) is 0 Å². The average Bonchev–Trinajstić information content (AvgIpc) is 3.58. The molecule has 4 rings (SSSR count). The lowest BCUT2D eigenvalue weighted by molar-refractivity contribution is -0.169. The van der Waals surface area contributed by atoms with Gasteiger partial charge in [0.25, 0.3) is 0 Å². The van der Waals surface area contributed by atoms with Crippen molar-refractivity contribution in [3.05, 3.63) is 70.9 Å². The third-order valence-corrected chi connectivity index (χ3v) is 6.75. The van der Waals surface area contributed by atoms with Crippen LogP contribution in [0.2, 0.25) is 0 Å². The van der Waals surface area contributed by atoms with Crippen molar-refractivity contribution in [2.75, 3.05) is 0 Å². The Morgan fingerprint density at radius 2 is 1.94 bits per heavy atom. The van der Waals surface area contributed by atoms with Crippen LogP contribution in [0.4, 0.5) is 4.79 Å². The topological polar surface area (TPSA) is 124 Å². The Bertz CT molecular complexity index is 1190. The van der Waals surface area contributed by atoms with E-state index in [0.29, 0.717) is 4.88 Å². The van der Waals surface area contributed by atoms with Crippen LogP contribution in [-0.4, -0.2) is 53.9 Å². The standard InChI is InChI=1S/C25H28N4O6S/c1-24(2,3)35-22(32)25(15-28-11-7-10-27-28)12-18(21(30)31)20(19-13-26-16-36-19)29(25)23(33)34-14-17-8-5-4-6-9-17/h4-11,13,16,18,20H,12,14-15H2,1-3H3,(H,30,31)/t18-,20+,25-/m1/s1. The van der Waals surface area contributed by atoms with Crippen LogP contribution in [-0.2, 0) is 32.2 Å². The Balaban J connectivity index is 1.82. The van der Waals surface area contributed by atoms with E-state index in [1.807, 2.05) is 30.3 Å². The first-order chi connectivity index (χ1) is 17.1. The van der Waals surface area contributed by atoms with E-state index in [-0.39, 0.29) is 19.6 Å². The molecule has 3 aromatic rings. The fourth-order valence-corrected chi connectivity index (χ4v) is 5.21. The Hall–Kier alpha value is -3.73. The lowest BCUT2D eigenvalue weighted by Gasteiger charge is -2.39. The SMILES string of the molecule is CC(C)(C)OC(=O)[C@]1(Cn2cccn2)C[C@@H](C(=O)O)[C@@H](c2cncs2)N1C(=O)OCc1ccccc1. The van der Waals surface area contributed by atoms with Crippen molar-refractivity contribution in [3.63, 3.8) is 0 Å². The van der Waals surface area contributed by atoms with Crippen molar-refractivity contribution in [2.45, 2.75) is 57.5 Å². The van der Waals surface area contributed by atoms with E-state index < -0.39 is 41.1 Å². The summed E-state index contributed by atoms with van der Waals surface area (Å²) >= 11 is 1.21. The number of hydrogen-bond donors (Lipinski definition) is 1. The minimum Gasteiger partial charge on any atom is -0.481 e. The predicted octanol–water partition coefficient (Wildman–Crippen LogP) is 3.90. The lowest BCUT2D eigenvalue weighted by Crippen LogP contribution is -2.58. The maximum absolute atomic E-state index is 13.9. The third kappa shape index (κ3) is 5.25. The second kappa shape index (κ2) is 10.1. The Kier molecular flexibility index (Phi) is 7.11. The molecule has 1 aromatic carbocycles. The fraction of sp³-hybridized carbons (Fsp3) is 0.400. The molecule has 0 bridgehead atoms. The minimum atomic E-state index is -1.69. The minimum absolute atomic E-state index is 0.0461. The smallest absolute Gasteiger partial charge is 0.411 e. The number of hydrogen-bond acceptors (Lipinski definition) is 8. The monoisotopic (exact) mass is 512 g/mol. The zero-order valence-electron chi connectivity index (χ0n) is 20.2. The number of likely N-dealkylation sites (tertiary alicyclic amines) is 1. The molecule has 2 aromatic heterocycles. The van der Waals surface area contributed by atoms with Crippen LogP contribution in [0.1, 0.15) is 43.7 Å². The van der Waals surface area contributed by atoms with Gasteiger partial charge in [-0.05, 0) is 38.8 Å². The first-order valence-electron chi connectivity index (χ1n) is 11.4. The van der Waals surface area contributed by atoms with Crippen LogP contribution < -0.4 is 0 Å². The summed E-state index contributed by atoms with van der Waals surface area (Å²) in [5, 5.41) is 14.4. The molecule has 3 heterocycles. The highest BCUT2D eigenvalue weighted by Crippen LogP contribution is 2.50. The number of rotatable bonds is 7. The fourth-order valence-electron chi connectivity index (χ4n) is 4.44. The van der Waals surface area contributed by atoms with Gasteiger partial charge in [0.05, 0.1) is 24.0 Å². The highest BCUT2D eigenvalue weighted by molar-refractivity contribution is 7.09. The van der Waals surface area contributed by atoms with Crippen LogP contribution in [0.3, 0.4) is 0 Å². The van der Waals surface area contributed by atoms with Gasteiger partial charge in [0.2, 0.25) is 0 Å². The second-order valence-electron chi connectivity index (χ2n) is 9.64. The summed E-state index contributed by atoms with van der Waals surface area (Å²) in [4.78, 5) is 46.0. The summed E-state index contributed by atoms with van der Waals surface area (Å²) in [6.07, 6.45) is 3.71. The van der Waals surface area contributed by atoms with Gasteiger partial charge in [-0.25, -0.2) is 9.59 Å². The van der Waals surface area contributed by atoms with Crippen molar-refractivity contribution in [2.24, 2.45) is 5.92 Å². The van der Waals surface area contributed by atoms with E-state index in [1.54, 1.807) is 44.7 Å². The van der Waals surface area contributed by atoms with Gasteiger partial charge in [-0.2, -0.15) is 5.10 Å². The molecule has 0 radical (unpaired) electrons. The Morgan fingerprint density at radius 3 is 2.53 bits per heavy atom. The number of carbonyl (C=O) groups is 3. The number of ether oxygens (including phenoxy) is 2. The zero-order valence-corrected chi connectivity index (χ0v) is 21.1. The van der Waals surface area contributed by atoms with Gasteiger partial charge in [0.15, 0.2) is 5.54 Å². The number of aliphatic carboxylic acids is 1. The highest BCUT2D eigenvalue weighted by Gasteiger charge is 2.63. The second-order valence-corrected chi connectivity index (χ2v) is 10.6. The number of carboxylic acid groups (broad SMARTS) is 1. The molecule has 1 fully saturated rings. The molecule has 1 N–H and O–H groups in total. The van der Waals surface area contributed by atoms with Crippen molar-refractivity contribution < 1.29 is 29.0 Å². The number of amides is 1. The zero-order chi connectivity index (χ0) is 25.9. The van der Waals surface area contributed by atoms with E-state index in [9.17, 15) is 19.5 Å². The number of carbonyl (C=O) groups excluding carboxylic acids is 2. The first-order valence-corrected chi connectivity index (χ1v) is 12.3. The molecule has 0 unspecified atom stereocenters. The molecule has 36 heavy (non-hydrogen) atoms. The summed E-state index contributed by atoms with van der Waals surface area (Å²) in [5.41, 5.74) is -0.258. The summed E-state index contributed by atoms with van der Waals surface area (Å²) in [6, 6.07) is 9.81. The van der Waals surface area contributed by atoms with E-state index in [0.717, 1.165) is 5.56 Å². The molecular formula is C25H28N4O6S. The molecule has 190 valence electrons. The molecule has 1 aliphatic heterocycles. The van der Waals surface area contributed by atoms with Crippen LogP contribution in [0.15, 0.2) is 60.5 Å². The Morgan fingerprint density at radius 1 is 1.19 bits per heavy atom. The van der Waals surface area contributed by atoms with Crippen molar-refractivity contribution in [1.82, 2.24) is 19.7 Å². The number of thiazole rings is 1. The van der Waals surface area contributed by atoms with Crippen molar-refractivity contribution in [1.29, 1.82) is 0 Å². The van der Waals surface area contributed by atoms with Gasteiger partial charge in [-0.15, -0.1) is 11.3 Å². The number of nitrogens with zero attached hydrogens (tertiary/aromatic N) is 4. The van der Waals surface area contributed by atoms with Gasteiger partial charge in [0.1, 0.15) is 12.2 Å². The summed E-state index contributed by atoms with van der Waals surface area (Å²) in [5.74, 6) is -2.96. The molecule has 1 amide bonds. The maximum Gasteiger partial charge on any atom is 0.411 e. The van der Waals surface area contributed by atoms with E-state index in [2.05, 4.69) is 10.1 Å². The molecule has 0 saturated carbocycles. The maximum atomic E-state index is 13.9.